The Kier molecular flexibility index (Phi) is 3.16. The van der Waals surface area contributed by atoms with Gasteiger partial charge in [-0.3, -0.25) is 0 Å². The van der Waals surface area contributed by atoms with Crippen LogP contribution in [-0.2, 0) is 5.41 Å². The van der Waals surface area contributed by atoms with Crippen molar-refractivity contribution in [2.45, 2.75) is 38.0 Å². The van der Waals surface area contributed by atoms with Gasteiger partial charge in [-0.15, -0.1) is 0 Å². The summed E-state index contributed by atoms with van der Waals surface area (Å²) >= 11 is 0. The minimum atomic E-state index is 0.0554. The molecule has 1 heterocycles. The normalized spacial score (nSPS) is 17.3. The summed E-state index contributed by atoms with van der Waals surface area (Å²) in [4.78, 5) is 0. The lowest BCUT2D eigenvalue weighted by atomic mass is 9.82. The van der Waals surface area contributed by atoms with Gasteiger partial charge in [-0.05, 0) is 30.5 Å². The molecule has 1 saturated carbocycles. The maximum absolute atomic E-state index is 6.03. The Morgan fingerprint density at radius 3 is 2.45 bits per heavy atom. The molecular formula is C16H20N2O2. The Morgan fingerprint density at radius 2 is 1.85 bits per heavy atom. The van der Waals surface area contributed by atoms with Crippen LogP contribution in [0.25, 0.3) is 11.1 Å². The SMILES string of the molecule is COc1ccc(-c2c(N)noc2C2(C)CCCC2)cc1. The molecule has 4 heteroatoms. The molecule has 1 aromatic heterocycles. The van der Waals surface area contributed by atoms with E-state index in [0.717, 1.165) is 35.5 Å². The number of hydrogen-bond acceptors (Lipinski definition) is 4. The average Bonchev–Trinajstić information content (AvgIpc) is 3.06. The number of aromatic nitrogens is 1. The quantitative estimate of drug-likeness (QED) is 0.924. The lowest BCUT2D eigenvalue weighted by molar-refractivity contribution is 0.307. The van der Waals surface area contributed by atoms with Gasteiger partial charge in [0.05, 0.1) is 12.7 Å². The standard InChI is InChI=1S/C16H20N2O2/c1-16(9-3-4-10-16)14-13(15(17)18-20-14)11-5-7-12(19-2)8-6-11/h5-8H,3-4,9-10H2,1-2H3,(H2,17,18). The molecule has 106 valence electrons. The number of methoxy groups -OCH3 is 1. The number of nitrogens with two attached hydrogens (primary N) is 1. The maximum atomic E-state index is 6.03. The summed E-state index contributed by atoms with van der Waals surface area (Å²) in [7, 11) is 1.66. The van der Waals surface area contributed by atoms with Crippen LogP contribution in [-0.4, -0.2) is 12.3 Å². The molecule has 1 fully saturated rings. The highest BCUT2D eigenvalue weighted by Gasteiger charge is 2.37. The fourth-order valence-corrected chi connectivity index (χ4v) is 3.13. The molecule has 0 aliphatic heterocycles. The van der Waals surface area contributed by atoms with Gasteiger partial charge >= 0.3 is 0 Å². The zero-order chi connectivity index (χ0) is 14.2. The molecule has 2 aromatic rings. The minimum absolute atomic E-state index is 0.0554. The van der Waals surface area contributed by atoms with Gasteiger partial charge in [-0.25, -0.2) is 0 Å². The molecule has 0 bridgehead atoms. The number of nitrogen functional groups attached to an aromatic ring is 1. The summed E-state index contributed by atoms with van der Waals surface area (Å²) in [5, 5.41) is 4.00. The number of anilines is 1. The van der Waals surface area contributed by atoms with Gasteiger partial charge in [-0.2, -0.15) is 0 Å². The van der Waals surface area contributed by atoms with E-state index >= 15 is 0 Å². The fourth-order valence-electron chi connectivity index (χ4n) is 3.13. The smallest absolute Gasteiger partial charge is 0.175 e. The number of ether oxygens (including phenoxy) is 1. The molecule has 4 nitrogen and oxygen atoms in total. The first-order valence-corrected chi connectivity index (χ1v) is 7.04. The number of hydrogen-bond donors (Lipinski definition) is 1. The van der Waals surface area contributed by atoms with Crippen molar-refractivity contribution in [3.8, 4) is 16.9 Å². The van der Waals surface area contributed by atoms with E-state index in [1.54, 1.807) is 7.11 Å². The summed E-state index contributed by atoms with van der Waals surface area (Å²) < 4.78 is 10.8. The van der Waals surface area contributed by atoms with E-state index in [0.29, 0.717) is 5.82 Å². The van der Waals surface area contributed by atoms with Crippen LogP contribution in [0, 0.1) is 0 Å². The zero-order valence-corrected chi connectivity index (χ0v) is 12.0. The van der Waals surface area contributed by atoms with Crippen molar-refractivity contribution in [1.82, 2.24) is 5.16 Å². The summed E-state index contributed by atoms with van der Waals surface area (Å²) in [6.45, 7) is 2.24. The predicted molar refractivity (Wildman–Crippen MR) is 78.7 cm³/mol. The Morgan fingerprint density at radius 1 is 1.20 bits per heavy atom. The predicted octanol–water partition coefficient (Wildman–Crippen LogP) is 3.76. The second-order valence-corrected chi connectivity index (χ2v) is 5.77. The summed E-state index contributed by atoms with van der Waals surface area (Å²) in [5.74, 6) is 2.23. The van der Waals surface area contributed by atoms with Gasteiger partial charge < -0.3 is 15.0 Å². The fraction of sp³-hybridized carbons (Fsp3) is 0.438. The summed E-state index contributed by atoms with van der Waals surface area (Å²) in [6, 6.07) is 7.87. The molecule has 1 aliphatic rings. The average molecular weight is 272 g/mol. The van der Waals surface area contributed by atoms with Crippen LogP contribution in [0.4, 0.5) is 5.82 Å². The molecule has 0 saturated heterocycles. The van der Waals surface area contributed by atoms with Crippen molar-refractivity contribution in [3.63, 3.8) is 0 Å². The van der Waals surface area contributed by atoms with E-state index in [1.807, 2.05) is 24.3 Å². The molecule has 0 amide bonds. The Balaban J connectivity index is 2.06. The monoisotopic (exact) mass is 272 g/mol. The first-order chi connectivity index (χ1) is 9.64. The van der Waals surface area contributed by atoms with E-state index in [1.165, 1.54) is 12.8 Å². The molecule has 0 atom stereocenters. The van der Waals surface area contributed by atoms with Crippen LogP contribution < -0.4 is 10.5 Å². The van der Waals surface area contributed by atoms with E-state index < -0.39 is 0 Å². The highest BCUT2D eigenvalue weighted by molar-refractivity contribution is 5.76. The largest absolute Gasteiger partial charge is 0.497 e. The molecule has 20 heavy (non-hydrogen) atoms. The molecule has 1 aliphatic carbocycles. The van der Waals surface area contributed by atoms with Crippen molar-refractivity contribution >= 4 is 5.82 Å². The van der Waals surface area contributed by atoms with Gasteiger partial charge in [0.15, 0.2) is 11.6 Å². The summed E-state index contributed by atoms with van der Waals surface area (Å²) in [5.41, 5.74) is 8.07. The van der Waals surface area contributed by atoms with E-state index in [-0.39, 0.29) is 5.41 Å². The molecule has 0 unspecified atom stereocenters. The third-order valence-electron chi connectivity index (χ3n) is 4.35. The summed E-state index contributed by atoms with van der Waals surface area (Å²) in [6.07, 6.45) is 4.73. The first-order valence-electron chi connectivity index (χ1n) is 7.04. The Labute approximate surface area is 118 Å². The highest BCUT2D eigenvalue weighted by Crippen LogP contribution is 2.46. The topological polar surface area (TPSA) is 61.3 Å². The lowest BCUT2D eigenvalue weighted by Gasteiger charge is -2.21. The first kappa shape index (κ1) is 13.0. The minimum Gasteiger partial charge on any atom is -0.497 e. The van der Waals surface area contributed by atoms with Crippen LogP contribution in [0.5, 0.6) is 5.75 Å². The van der Waals surface area contributed by atoms with Gasteiger partial charge in [0.2, 0.25) is 0 Å². The number of benzene rings is 1. The Bertz CT molecular complexity index is 595. The number of rotatable bonds is 3. The van der Waals surface area contributed by atoms with Crippen molar-refractivity contribution in [2.75, 3.05) is 12.8 Å². The third kappa shape index (κ3) is 2.05. The molecule has 1 aromatic carbocycles. The van der Waals surface area contributed by atoms with Gasteiger partial charge in [-0.1, -0.05) is 37.1 Å². The van der Waals surface area contributed by atoms with Crippen LogP contribution in [0.2, 0.25) is 0 Å². The van der Waals surface area contributed by atoms with Crippen LogP contribution >= 0.6 is 0 Å². The van der Waals surface area contributed by atoms with Crippen molar-refractivity contribution in [2.24, 2.45) is 0 Å². The maximum Gasteiger partial charge on any atom is 0.175 e. The van der Waals surface area contributed by atoms with Gasteiger partial charge in [0, 0.05) is 5.41 Å². The number of nitrogens with zero attached hydrogens (tertiary/aromatic N) is 1. The van der Waals surface area contributed by atoms with Crippen molar-refractivity contribution < 1.29 is 9.26 Å². The van der Waals surface area contributed by atoms with Crippen LogP contribution in [0.3, 0.4) is 0 Å². The van der Waals surface area contributed by atoms with Crippen LogP contribution in [0.15, 0.2) is 28.8 Å². The molecule has 0 spiro atoms. The molecular weight excluding hydrogens is 252 g/mol. The Hall–Kier alpha value is -1.97. The molecule has 2 N–H and O–H groups in total. The van der Waals surface area contributed by atoms with Crippen LogP contribution in [0.1, 0.15) is 38.4 Å². The molecule has 3 rings (SSSR count). The van der Waals surface area contributed by atoms with Crippen molar-refractivity contribution in [1.29, 1.82) is 0 Å². The third-order valence-corrected chi connectivity index (χ3v) is 4.35. The van der Waals surface area contributed by atoms with Gasteiger partial charge in [0.1, 0.15) is 5.75 Å². The van der Waals surface area contributed by atoms with E-state index in [9.17, 15) is 0 Å². The van der Waals surface area contributed by atoms with E-state index in [4.69, 9.17) is 15.0 Å². The highest BCUT2D eigenvalue weighted by atomic mass is 16.5. The van der Waals surface area contributed by atoms with E-state index in [2.05, 4.69) is 12.1 Å². The molecule has 0 radical (unpaired) electrons. The lowest BCUT2D eigenvalue weighted by Crippen LogP contribution is -2.17. The second-order valence-electron chi connectivity index (χ2n) is 5.77. The van der Waals surface area contributed by atoms with Crippen molar-refractivity contribution in [3.05, 3.63) is 30.0 Å². The second kappa shape index (κ2) is 4.85. The van der Waals surface area contributed by atoms with Gasteiger partial charge in [0.25, 0.3) is 0 Å². The zero-order valence-electron chi connectivity index (χ0n) is 12.0.